The average molecular weight is 254 g/mol. The largest absolute Gasteiger partial charge is 0.480 e. The number of piperidine rings is 1. The van der Waals surface area contributed by atoms with Crippen molar-refractivity contribution in [3.05, 3.63) is 34.9 Å². The highest BCUT2D eigenvalue weighted by atomic mass is 35.5. The van der Waals surface area contributed by atoms with E-state index in [1.807, 2.05) is 29.2 Å². The fourth-order valence-corrected chi connectivity index (χ4v) is 2.52. The summed E-state index contributed by atoms with van der Waals surface area (Å²) >= 11 is 5.86. The van der Waals surface area contributed by atoms with Gasteiger partial charge < -0.3 is 5.11 Å². The second kappa shape index (κ2) is 5.52. The van der Waals surface area contributed by atoms with Crippen LogP contribution in [0.2, 0.25) is 5.02 Å². The summed E-state index contributed by atoms with van der Waals surface area (Å²) in [5.41, 5.74) is 1.25. The molecule has 0 aliphatic carbocycles. The number of nitrogens with zero attached hydrogens (tertiary/aromatic N) is 1. The highest BCUT2D eigenvalue weighted by Crippen LogP contribution is 2.27. The van der Waals surface area contributed by atoms with Gasteiger partial charge in [-0.1, -0.05) is 23.7 Å². The summed E-state index contributed by atoms with van der Waals surface area (Å²) in [6.45, 7) is 1.86. The van der Waals surface area contributed by atoms with Crippen molar-refractivity contribution in [3.63, 3.8) is 0 Å². The van der Waals surface area contributed by atoms with Crippen LogP contribution in [0.25, 0.3) is 0 Å². The highest BCUT2D eigenvalue weighted by Gasteiger charge is 2.22. The van der Waals surface area contributed by atoms with Gasteiger partial charge in [0.2, 0.25) is 0 Å². The second-order valence-electron chi connectivity index (χ2n) is 4.52. The second-order valence-corrected chi connectivity index (χ2v) is 4.96. The van der Waals surface area contributed by atoms with Crippen LogP contribution in [0.4, 0.5) is 0 Å². The monoisotopic (exact) mass is 253 g/mol. The minimum atomic E-state index is -0.748. The summed E-state index contributed by atoms with van der Waals surface area (Å²) < 4.78 is 0. The van der Waals surface area contributed by atoms with Crippen LogP contribution >= 0.6 is 11.6 Å². The molecule has 0 spiro atoms. The number of benzene rings is 1. The topological polar surface area (TPSA) is 40.5 Å². The van der Waals surface area contributed by atoms with E-state index < -0.39 is 5.97 Å². The summed E-state index contributed by atoms with van der Waals surface area (Å²) in [4.78, 5) is 12.7. The van der Waals surface area contributed by atoms with E-state index in [1.165, 1.54) is 5.56 Å². The van der Waals surface area contributed by atoms with Gasteiger partial charge in [-0.2, -0.15) is 0 Å². The first-order valence-corrected chi connectivity index (χ1v) is 6.22. The summed E-state index contributed by atoms with van der Waals surface area (Å²) in [6, 6.07) is 7.87. The molecule has 1 aromatic rings. The molecule has 4 heteroatoms. The molecule has 0 saturated carbocycles. The number of halogens is 1. The maximum Gasteiger partial charge on any atom is 0.317 e. The smallest absolute Gasteiger partial charge is 0.317 e. The van der Waals surface area contributed by atoms with Crippen molar-refractivity contribution in [2.24, 2.45) is 0 Å². The molecular formula is C13H16ClNO2. The first-order chi connectivity index (χ1) is 8.15. The number of hydrogen-bond donors (Lipinski definition) is 1. The first kappa shape index (κ1) is 12.4. The maximum absolute atomic E-state index is 10.7. The zero-order valence-corrected chi connectivity index (χ0v) is 10.4. The fourth-order valence-electron chi connectivity index (χ4n) is 2.40. The standard InChI is InChI=1S/C13H16ClNO2/c14-12-5-3-10(4-6-12)11-2-1-7-15(8-11)9-13(16)17/h3-6,11H,1-2,7-9H2,(H,16,17)/t11-/m0/s1. The molecule has 1 N–H and O–H groups in total. The SMILES string of the molecule is O=C(O)CN1CCC[C@H](c2ccc(Cl)cc2)C1. The van der Waals surface area contributed by atoms with Crippen LogP contribution in [0, 0.1) is 0 Å². The molecule has 1 saturated heterocycles. The summed E-state index contributed by atoms with van der Waals surface area (Å²) in [5.74, 6) is -0.317. The van der Waals surface area contributed by atoms with Crippen LogP contribution in [-0.2, 0) is 4.79 Å². The molecular weight excluding hydrogens is 238 g/mol. The predicted molar refractivity (Wildman–Crippen MR) is 67.5 cm³/mol. The van der Waals surface area contributed by atoms with Gasteiger partial charge in [0.1, 0.15) is 0 Å². The van der Waals surface area contributed by atoms with E-state index in [4.69, 9.17) is 16.7 Å². The number of carboxylic acids is 1. The molecule has 2 rings (SSSR count). The van der Waals surface area contributed by atoms with Crippen molar-refractivity contribution < 1.29 is 9.90 Å². The molecule has 1 aliphatic rings. The molecule has 0 amide bonds. The molecule has 1 aromatic carbocycles. The van der Waals surface area contributed by atoms with Gasteiger partial charge in [-0.05, 0) is 43.0 Å². The molecule has 1 aliphatic heterocycles. The van der Waals surface area contributed by atoms with E-state index >= 15 is 0 Å². The molecule has 0 unspecified atom stereocenters. The van der Waals surface area contributed by atoms with E-state index in [0.29, 0.717) is 5.92 Å². The van der Waals surface area contributed by atoms with Crippen molar-refractivity contribution in [2.45, 2.75) is 18.8 Å². The normalized spacial score (nSPS) is 21.4. The van der Waals surface area contributed by atoms with Crippen LogP contribution in [0.15, 0.2) is 24.3 Å². The highest BCUT2D eigenvalue weighted by molar-refractivity contribution is 6.30. The molecule has 0 bridgehead atoms. The molecule has 0 radical (unpaired) electrons. The maximum atomic E-state index is 10.7. The number of carbonyl (C=O) groups is 1. The minimum absolute atomic E-state index is 0.143. The number of hydrogen-bond acceptors (Lipinski definition) is 2. The van der Waals surface area contributed by atoms with Crippen molar-refractivity contribution in [2.75, 3.05) is 19.6 Å². The molecule has 1 atom stereocenters. The van der Waals surface area contributed by atoms with Gasteiger partial charge in [-0.15, -0.1) is 0 Å². The Morgan fingerprint density at radius 3 is 2.76 bits per heavy atom. The van der Waals surface area contributed by atoms with Crippen molar-refractivity contribution in [1.29, 1.82) is 0 Å². The van der Waals surface area contributed by atoms with Gasteiger partial charge in [0, 0.05) is 11.6 Å². The van der Waals surface area contributed by atoms with Gasteiger partial charge in [0.25, 0.3) is 0 Å². The summed E-state index contributed by atoms with van der Waals surface area (Å²) in [7, 11) is 0. The van der Waals surface area contributed by atoms with E-state index in [1.54, 1.807) is 0 Å². The third-order valence-electron chi connectivity index (χ3n) is 3.21. The van der Waals surface area contributed by atoms with Crippen molar-refractivity contribution in [1.82, 2.24) is 4.90 Å². The Labute approximate surface area is 106 Å². The van der Waals surface area contributed by atoms with E-state index in [9.17, 15) is 4.79 Å². The Kier molecular flexibility index (Phi) is 4.02. The van der Waals surface area contributed by atoms with Gasteiger partial charge in [-0.25, -0.2) is 0 Å². The predicted octanol–water partition coefficient (Wildman–Crippen LogP) is 2.60. The van der Waals surface area contributed by atoms with Crippen molar-refractivity contribution in [3.8, 4) is 0 Å². The Balaban J connectivity index is 2.01. The zero-order valence-electron chi connectivity index (χ0n) is 9.60. The lowest BCUT2D eigenvalue weighted by Gasteiger charge is -2.31. The Morgan fingerprint density at radius 1 is 1.41 bits per heavy atom. The lowest BCUT2D eigenvalue weighted by molar-refractivity contribution is -0.138. The summed E-state index contributed by atoms with van der Waals surface area (Å²) in [6.07, 6.45) is 2.18. The minimum Gasteiger partial charge on any atom is -0.480 e. The third-order valence-corrected chi connectivity index (χ3v) is 3.46. The Bertz CT molecular complexity index is 391. The van der Waals surface area contributed by atoms with Gasteiger partial charge in [0.05, 0.1) is 6.54 Å². The van der Waals surface area contributed by atoms with E-state index in [2.05, 4.69) is 0 Å². The lowest BCUT2D eigenvalue weighted by Crippen LogP contribution is -2.37. The molecule has 17 heavy (non-hydrogen) atoms. The van der Waals surface area contributed by atoms with Gasteiger partial charge in [-0.3, -0.25) is 9.69 Å². The molecule has 92 valence electrons. The Hall–Kier alpha value is -1.06. The molecule has 3 nitrogen and oxygen atoms in total. The molecule has 1 fully saturated rings. The van der Waals surface area contributed by atoms with Crippen LogP contribution < -0.4 is 0 Å². The Morgan fingerprint density at radius 2 is 2.12 bits per heavy atom. The average Bonchev–Trinajstić information content (AvgIpc) is 2.29. The molecule has 0 aromatic heterocycles. The quantitative estimate of drug-likeness (QED) is 0.900. The lowest BCUT2D eigenvalue weighted by atomic mass is 9.91. The fraction of sp³-hybridized carbons (Fsp3) is 0.462. The van der Waals surface area contributed by atoms with Gasteiger partial charge in [0.15, 0.2) is 0 Å². The van der Waals surface area contributed by atoms with Gasteiger partial charge >= 0.3 is 5.97 Å². The molecule has 1 heterocycles. The van der Waals surface area contributed by atoms with E-state index in [-0.39, 0.29) is 6.54 Å². The van der Waals surface area contributed by atoms with Crippen LogP contribution in [-0.4, -0.2) is 35.6 Å². The number of carboxylic acid groups (broad SMARTS) is 1. The summed E-state index contributed by atoms with van der Waals surface area (Å²) in [5, 5.41) is 9.54. The van der Waals surface area contributed by atoms with Crippen LogP contribution in [0.5, 0.6) is 0 Å². The third kappa shape index (κ3) is 3.45. The van der Waals surface area contributed by atoms with Crippen molar-refractivity contribution >= 4 is 17.6 Å². The number of likely N-dealkylation sites (tertiary alicyclic amines) is 1. The number of rotatable bonds is 3. The van der Waals surface area contributed by atoms with Crippen LogP contribution in [0.3, 0.4) is 0 Å². The first-order valence-electron chi connectivity index (χ1n) is 5.85. The number of aliphatic carboxylic acids is 1. The van der Waals surface area contributed by atoms with Crippen LogP contribution in [0.1, 0.15) is 24.3 Å². The van der Waals surface area contributed by atoms with E-state index in [0.717, 1.165) is 31.0 Å². The zero-order chi connectivity index (χ0) is 12.3.